The molecular weight excluding hydrogens is 403 g/mol. The van der Waals surface area contributed by atoms with Crippen molar-refractivity contribution in [1.29, 1.82) is 0 Å². The number of anilines is 2. The van der Waals surface area contributed by atoms with Gasteiger partial charge in [0.15, 0.2) is 0 Å². The fourth-order valence-corrected chi connectivity index (χ4v) is 4.49. The molecule has 0 aliphatic heterocycles. The maximum atomic E-state index is 13.4. The van der Waals surface area contributed by atoms with Crippen LogP contribution in [0.5, 0.6) is 0 Å². The van der Waals surface area contributed by atoms with Gasteiger partial charge in [0.25, 0.3) is 10.0 Å². The lowest BCUT2D eigenvalue weighted by Crippen LogP contribution is -2.38. The summed E-state index contributed by atoms with van der Waals surface area (Å²) >= 11 is 0. The van der Waals surface area contributed by atoms with Crippen molar-refractivity contribution >= 4 is 27.3 Å². The number of carbonyl (C=O) groups excluding carboxylic acids is 1. The number of halogens is 1. The number of hydrogen-bond donors (Lipinski definition) is 1. The maximum absolute atomic E-state index is 13.4. The zero-order valence-electron chi connectivity index (χ0n) is 17.0. The molecule has 5 nitrogen and oxygen atoms in total. The molecule has 0 aromatic heterocycles. The van der Waals surface area contributed by atoms with Crippen molar-refractivity contribution in [2.75, 3.05) is 16.2 Å². The molecule has 0 aliphatic carbocycles. The van der Waals surface area contributed by atoms with Crippen molar-refractivity contribution in [3.63, 3.8) is 0 Å². The highest BCUT2D eigenvalue weighted by molar-refractivity contribution is 7.92. The third-order valence-electron chi connectivity index (χ3n) is 4.87. The quantitative estimate of drug-likeness (QED) is 0.627. The van der Waals surface area contributed by atoms with Gasteiger partial charge in [0.05, 0.1) is 10.6 Å². The van der Waals surface area contributed by atoms with Crippen LogP contribution in [0.4, 0.5) is 15.8 Å². The van der Waals surface area contributed by atoms with Crippen LogP contribution in [0.3, 0.4) is 0 Å². The highest BCUT2D eigenvalue weighted by Crippen LogP contribution is 2.28. The standard InChI is InChI=1S/C23H23FN2O3S/c1-16-7-13-21(14-8-16)30(28,29)26(22-6-4-5-17(2)18(22)3)15-23(27)25-20-11-9-19(24)10-12-20/h4-14H,15H2,1-3H3,(H,25,27). The minimum absolute atomic E-state index is 0.101. The smallest absolute Gasteiger partial charge is 0.264 e. The Morgan fingerprint density at radius 1 is 0.933 bits per heavy atom. The first-order chi connectivity index (χ1) is 14.2. The summed E-state index contributed by atoms with van der Waals surface area (Å²) in [5.74, 6) is -0.954. The van der Waals surface area contributed by atoms with Crippen LogP contribution >= 0.6 is 0 Å². The minimum atomic E-state index is -3.99. The number of aryl methyl sites for hydroxylation is 2. The van der Waals surface area contributed by atoms with Crippen LogP contribution in [-0.2, 0) is 14.8 Å². The normalized spacial score (nSPS) is 11.2. The molecule has 0 unspecified atom stereocenters. The van der Waals surface area contributed by atoms with Gasteiger partial charge in [-0.15, -0.1) is 0 Å². The lowest BCUT2D eigenvalue weighted by atomic mass is 10.1. The fraction of sp³-hybridized carbons (Fsp3) is 0.174. The first kappa shape index (κ1) is 21.5. The van der Waals surface area contributed by atoms with Crippen LogP contribution in [0.25, 0.3) is 0 Å². The average molecular weight is 427 g/mol. The molecule has 3 rings (SSSR count). The predicted octanol–water partition coefficient (Wildman–Crippen LogP) is 4.58. The van der Waals surface area contributed by atoms with E-state index < -0.39 is 28.3 Å². The van der Waals surface area contributed by atoms with E-state index in [0.29, 0.717) is 11.4 Å². The van der Waals surface area contributed by atoms with Crippen LogP contribution in [0.2, 0.25) is 0 Å². The summed E-state index contributed by atoms with van der Waals surface area (Å²) in [5, 5.41) is 2.62. The van der Waals surface area contributed by atoms with E-state index in [1.54, 1.807) is 24.3 Å². The third kappa shape index (κ3) is 4.68. The summed E-state index contributed by atoms with van der Waals surface area (Å²) in [6.07, 6.45) is 0. The Labute approximate surface area is 176 Å². The lowest BCUT2D eigenvalue weighted by molar-refractivity contribution is -0.114. The van der Waals surface area contributed by atoms with Crippen LogP contribution in [0.1, 0.15) is 16.7 Å². The molecule has 0 aliphatic rings. The molecular formula is C23H23FN2O3S. The summed E-state index contributed by atoms with van der Waals surface area (Å²) < 4.78 is 41.1. The van der Waals surface area contributed by atoms with Crippen molar-refractivity contribution < 1.29 is 17.6 Å². The molecule has 7 heteroatoms. The minimum Gasteiger partial charge on any atom is -0.325 e. The largest absolute Gasteiger partial charge is 0.325 e. The number of nitrogens with zero attached hydrogens (tertiary/aromatic N) is 1. The van der Waals surface area contributed by atoms with Gasteiger partial charge < -0.3 is 5.32 Å². The zero-order valence-corrected chi connectivity index (χ0v) is 17.8. The SMILES string of the molecule is Cc1ccc(S(=O)(=O)N(CC(=O)Nc2ccc(F)cc2)c2cccc(C)c2C)cc1. The Hall–Kier alpha value is -3.19. The van der Waals surface area contributed by atoms with Gasteiger partial charge in [0.1, 0.15) is 12.4 Å². The second-order valence-corrected chi connectivity index (χ2v) is 8.96. The molecule has 0 atom stereocenters. The zero-order chi connectivity index (χ0) is 21.9. The fourth-order valence-electron chi connectivity index (χ4n) is 3.01. The molecule has 156 valence electrons. The molecule has 1 amide bonds. The second-order valence-electron chi connectivity index (χ2n) is 7.10. The molecule has 0 spiro atoms. The topological polar surface area (TPSA) is 66.5 Å². The Bertz CT molecular complexity index is 1160. The van der Waals surface area contributed by atoms with Gasteiger partial charge in [-0.05, 0) is 74.4 Å². The van der Waals surface area contributed by atoms with Gasteiger partial charge >= 0.3 is 0 Å². The van der Waals surface area contributed by atoms with Gasteiger partial charge in [-0.1, -0.05) is 29.8 Å². The van der Waals surface area contributed by atoms with Crippen molar-refractivity contribution in [3.05, 3.63) is 89.2 Å². The summed E-state index contributed by atoms with van der Waals surface area (Å²) in [7, 11) is -3.99. The van der Waals surface area contributed by atoms with E-state index in [1.165, 1.54) is 36.4 Å². The van der Waals surface area contributed by atoms with Crippen molar-refractivity contribution in [2.45, 2.75) is 25.7 Å². The van der Waals surface area contributed by atoms with E-state index in [9.17, 15) is 17.6 Å². The van der Waals surface area contributed by atoms with E-state index in [2.05, 4.69) is 5.32 Å². The first-order valence-corrected chi connectivity index (χ1v) is 10.8. The summed E-state index contributed by atoms with van der Waals surface area (Å²) in [6.45, 7) is 5.15. The van der Waals surface area contributed by atoms with Gasteiger partial charge in [-0.2, -0.15) is 0 Å². The molecule has 0 saturated heterocycles. The average Bonchev–Trinajstić information content (AvgIpc) is 2.70. The highest BCUT2D eigenvalue weighted by Gasteiger charge is 2.28. The molecule has 0 saturated carbocycles. The lowest BCUT2D eigenvalue weighted by Gasteiger charge is -2.26. The van der Waals surface area contributed by atoms with E-state index in [0.717, 1.165) is 21.0 Å². The molecule has 0 bridgehead atoms. The van der Waals surface area contributed by atoms with Crippen molar-refractivity contribution in [3.8, 4) is 0 Å². The highest BCUT2D eigenvalue weighted by atomic mass is 32.2. The number of carbonyl (C=O) groups is 1. The molecule has 0 fully saturated rings. The van der Waals surface area contributed by atoms with Crippen LogP contribution in [0, 0.1) is 26.6 Å². The van der Waals surface area contributed by atoms with Gasteiger partial charge in [0.2, 0.25) is 5.91 Å². The van der Waals surface area contributed by atoms with Crippen molar-refractivity contribution in [1.82, 2.24) is 0 Å². The second kappa shape index (κ2) is 8.67. The first-order valence-electron chi connectivity index (χ1n) is 9.39. The molecule has 0 heterocycles. The van der Waals surface area contributed by atoms with E-state index in [1.807, 2.05) is 26.8 Å². The van der Waals surface area contributed by atoms with E-state index >= 15 is 0 Å². The van der Waals surface area contributed by atoms with Crippen molar-refractivity contribution in [2.24, 2.45) is 0 Å². The molecule has 3 aromatic carbocycles. The number of amides is 1. The number of hydrogen-bond acceptors (Lipinski definition) is 3. The Kier molecular flexibility index (Phi) is 6.22. The van der Waals surface area contributed by atoms with Gasteiger partial charge in [0, 0.05) is 5.69 Å². The molecule has 0 radical (unpaired) electrons. The molecule has 1 N–H and O–H groups in total. The predicted molar refractivity (Wildman–Crippen MR) is 117 cm³/mol. The molecule has 30 heavy (non-hydrogen) atoms. The maximum Gasteiger partial charge on any atom is 0.264 e. The monoisotopic (exact) mass is 426 g/mol. The number of rotatable bonds is 6. The van der Waals surface area contributed by atoms with E-state index in [4.69, 9.17) is 0 Å². The Morgan fingerprint density at radius 2 is 1.57 bits per heavy atom. The summed E-state index contributed by atoms with van der Waals surface area (Å²) in [6, 6.07) is 17.1. The van der Waals surface area contributed by atoms with E-state index in [-0.39, 0.29) is 4.90 Å². The van der Waals surface area contributed by atoms with Crippen LogP contribution < -0.4 is 9.62 Å². The number of nitrogens with one attached hydrogen (secondary N) is 1. The Morgan fingerprint density at radius 3 is 2.20 bits per heavy atom. The Balaban J connectivity index is 1.99. The van der Waals surface area contributed by atoms with Crippen LogP contribution in [0.15, 0.2) is 71.6 Å². The third-order valence-corrected chi connectivity index (χ3v) is 6.64. The number of benzene rings is 3. The summed E-state index contributed by atoms with van der Waals surface area (Å²) in [4.78, 5) is 12.8. The number of sulfonamides is 1. The van der Waals surface area contributed by atoms with Crippen LogP contribution in [-0.4, -0.2) is 20.9 Å². The van der Waals surface area contributed by atoms with Gasteiger partial charge in [-0.3, -0.25) is 9.10 Å². The summed E-state index contributed by atoms with van der Waals surface area (Å²) in [5.41, 5.74) is 3.43. The molecule has 3 aromatic rings. The van der Waals surface area contributed by atoms with Gasteiger partial charge in [-0.25, -0.2) is 12.8 Å².